The fourth-order valence-electron chi connectivity index (χ4n) is 1.61. The molecule has 82 valence electrons. The maximum absolute atomic E-state index is 11.3. The summed E-state index contributed by atoms with van der Waals surface area (Å²) in [6.45, 7) is 2.92. The van der Waals surface area contributed by atoms with Crippen molar-refractivity contribution in [2.45, 2.75) is 13.0 Å². The lowest BCUT2D eigenvalue weighted by atomic mass is 10.2. The van der Waals surface area contributed by atoms with E-state index in [1.807, 2.05) is 37.3 Å². The van der Waals surface area contributed by atoms with E-state index in [0.29, 0.717) is 13.2 Å². The van der Waals surface area contributed by atoms with Gasteiger partial charge in [-0.15, -0.1) is 0 Å². The van der Waals surface area contributed by atoms with Crippen molar-refractivity contribution < 1.29 is 9.53 Å². The smallest absolute Gasteiger partial charge is 0.410 e. The fraction of sp³-hybridized carbons (Fsp3) is 0.308. The molecule has 1 fully saturated rings. The van der Waals surface area contributed by atoms with E-state index in [9.17, 15) is 4.79 Å². The summed E-state index contributed by atoms with van der Waals surface area (Å²) in [4.78, 5) is 12.9. The molecular weight excluding hydrogens is 202 g/mol. The van der Waals surface area contributed by atoms with Crippen molar-refractivity contribution in [1.29, 1.82) is 0 Å². The lowest BCUT2D eigenvalue weighted by Crippen LogP contribution is -2.31. The van der Waals surface area contributed by atoms with Gasteiger partial charge in [0, 0.05) is 12.1 Å². The Morgan fingerprint density at radius 1 is 1.44 bits per heavy atom. The molecule has 0 aromatic heterocycles. The molecule has 3 nitrogen and oxygen atoms in total. The molecule has 1 heterocycles. The van der Waals surface area contributed by atoms with Crippen LogP contribution in [0.1, 0.15) is 12.5 Å². The minimum Gasteiger partial charge on any atom is -0.446 e. The molecule has 1 aromatic rings. The lowest BCUT2D eigenvalue weighted by molar-refractivity contribution is 0.159. The van der Waals surface area contributed by atoms with Crippen molar-refractivity contribution in [3.05, 3.63) is 35.9 Å². The minimum absolute atomic E-state index is 0.113. The van der Waals surface area contributed by atoms with Gasteiger partial charge in [0.15, 0.2) is 0 Å². The van der Waals surface area contributed by atoms with Crippen LogP contribution in [0.2, 0.25) is 0 Å². The first kappa shape index (κ1) is 10.6. The number of nitrogens with zero attached hydrogens (tertiary/aromatic N) is 1. The average molecular weight is 215 g/mol. The molecule has 0 bridgehead atoms. The molecule has 1 saturated heterocycles. The molecule has 1 aliphatic rings. The van der Waals surface area contributed by atoms with Gasteiger partial charge in [0.2, 0.25) is 0 Å². The Bertz CT molecular complexity index is 430. The maximum atomic E-state index is 11.3. The average Bonchev–Trinajstić information content (AvgIpc) is 2.68. The fourth-order valence-corrected chi connectivity index (χ4v) is 1.61. The molecule has 1 amide bonds. The van der Waals surface area contributed by atoms with Crippen LogP contribution in [0.3, 0.4) is 0 Å². The number of benzene rings is 1. The van der Waals surface area contributed by atoms with Gasteiger partial charge < -0.3 is 4.74 Å². The normalized spacial score (nSPS) is 18.9. The summed E-state index contributed by atoms with van der Waals surface area (Å²) >= 11 is 0. The number of carbonyl (C=O) groups is 1. The van der Waals surface area contributed by atoms with Crippen LogP contribution in [0, 0.1) is 11.8 Å². The largest absolute Gasteiger partial charge is 0.446 e. The van der Waals surface area contributed by atoms with E-state index in [-0.39, 0.29) is 12.1 Å². The predicted molar refractivity (Wildman–Crippen MR) is 60.8 cm³/mol. The zero-order valence-electron chi connectivity index (χ0n) is 9.14. The van der Waals surface area contributed by atoms with Crippen LogP contribution in [0.25, 0.3) is 0 Å². The Hall–Kier alpha value is -1.95. The zero-order chi connectivity index (χ0) is 11.4. The van der Waals surface area contributed by atoms with Crippen molar-refractivity contribution in [3.63, 3.8) is 0 Å². The van der Waals surface area contributed by atoms with Crippen molar-refractivity contribution in [1.82, 2.24) is 4.90 Å². The number of ether oxygens (including phenoxy) is 1. The number of hydrogen-bond acceptors (Lipinski definition) is 2. The van der Waals surface area contributed by atoms with Crippen LogP contribution in [0.5, 0.6) is 0 Å². The van der Waals surface area contributed by atoms with E-state index >= 15 is 0 Å². The highest BCUT2D eigenvalue weighted by Gasteiger charge is 2.29. The minimum atomic E-state index is -0.269. The van der Waals surface area contributed by atoms with E-state index in [1.165, 1.54) is 0 Å². The van der Waals surface area contributed by atoms with Crippen molar-refractivity contribution >= 4 is 6.09 Å². The quantitative estimate of drug-likeness (QED) is 0.669. The molecule has 1 atom stereocenters. The maximum Gasteiger partial charge on any atom is 0.410 e. The second kappa shape index (κ2) is 4.71. The van der Waals surface area contributed by atoms with Crippen molar-refractivity contribution in [3.8, 4) is 11.8 Å². The molecule has 1 aromatic carbocycles. The van der Waals surface area contributed by atoms with Crippen molar-refractivity contribution in [2.75, 3.05) is 13.2 Å². The van der Waals surface area contributed by atoms with Gasteiger partial charge in [-0.2, -0.15) is 0 Å². The van der Waals surface area contributed by atoms with Gasteiger partial charge in [0.1, 0.15) is 12.6 Å². The molecule has 3 heteroatoms. The second-order valence-corrected chi connectivity index (χ2v) is 3.51. The molecule has 0 radical (unpaired) electrons. The van der Waals surface area contributed by atoms with Crippen LogP contribution in [-0.4, -0.2) is 30.2 Å². The van der Waals surface area contributed by atoms with Crippen LogP contribution in [0.15, 0.2) is 30.3 Å². The van der Waals surface area contributed by atoms with E-state index in [2.05, 4.69) is 11.8 Å². The molecule has 1 aliphatic heterocycles. The Labute approximate surface area is 95.0 Å². The molecule has 0 saturated carbocycles. The predicted octanol–water partition coefficient (Wildman–Crippen LogP) is 1.88. The number of hydrogen-bond donors (Lipinski definition) is 0. The highest BCUT2D eigenvalue weighted by Crippen LogP contribution is 2.10. The number of carbonyl (C=O) groups excluding carboxylic acids is 1. The number of cyclic esters (lactones) is 1. The molecular formula is C13H13NO2. The third-order valence-electron chi connectivity index (χ3n) is 2.47. The summed E-state index contributed by atoms with van der Waals surface area (Å²) in [6.07, 6.45) is -0.269. The second-order valence-electron chi connectivity index (χ2n) is 3.51. The van der Waals surface area contributed by atoms with Gasteiger partial charge in [0.25, 0.3) is 0 Å². The van der Waals surface area contributed by atoms with Crippen LogP contribution < -0.4 is 0 Å². The zero-order valence-corrected chi connectivity index (χ0v) is 9.14. The van der Waals surface area contributed by atoms with E-state index in [0.717, 1.165) is 5.56 Å². The third-order valence-corrected chi connectivity index (χ3v) is 2.47. The Balaban J connectivity index is 2.11. The highest BCUT2D eigenvalue weighted by atomic mass is 16.6. The monoisotopic (exact) mass is 215 g/mol. The Kier molecular flexibility index (Phi) is 3.11. The first-order chi connectivity index (χ1) is 7.81. The summed E-state index contributed by atoms with van der Waals surface area (Å²) in [5.74, 6) is 6.11. The number of amides is 1. The van der Waals surface area contributed by atoms with Crippen molar-refractivity contribution in [2.24, 2.45) is 0 Å². The van der Waals surface area contributed by atoms with Crippen LogP contribution in [-0.2, 0) is 4.74 Å². The SMILES string of the molecule is CCN1C(=O)OC[C@@H]1C#Cc1ccccc1. The molecule has 0 N–H and O–H groups in total. The van der Waals surface area contributed by atoms with Crippen LogP contribution >= 0.6 is 0 Å². The van der Waals surface area contributed by atoms with Gasteiger partial charge in [-0.25, -0.2) is 4.79 Å². The first-order valence-corrected chi connectivity index (χ1v) is 5.31. The van der Waals surface area contributed by atoms with Gasteiger partial charge in [-0.3, -0.25) is 4.90 Å². The van der Waals surface area contributed by atoms with Gasteiger partial charge in [0.05, 0.1) is 0 Å². The third kappa shape index (κ3) is 2.17. The number of rotatable bonds is 1. The topological polar surface area (TPSA) is 29.5 Å². The lowest BCUT2D eigenvalue weighted by Gasteiger charge is -2.13. The summed E-state index contributed by atoms with van der Waals surface area (Å²) in [6, 6.07) is 9.61. The summed E-state index contributed by atoms with van der Waals surface area (Å²) in [5, 5.41) is 0. The van der Waals surface area contributed by atoms with E-state index in [1.54, 1.807) is 4.90 Å². The first-order valence-electron chi connectivity index (χ1n) is 5.31. The summed E-state index contributed by atoms with van der Waals surface area (Å²) in [5.41, 5.74) is 0.956. The Morgan fingerprint density at radius 2 is 2.19 bits per heavy atom. The van der Waals surface area contributed by atoms with E-state index < -0.39 is 0 Å². The van der Waals surface area contributed by atoms with Gasteiger partial charge in [-0.1, -0.05) is 30.0 Å². The van der Waals surface area contributed by atoms with Gasteiger partial charge in [-0.05, 0) is 19.1 Å². The number of likely N-dealkylation sites (N-methyl/N-ethyl adjacent to an activating group) is 1. The van der Waals surface area contributed by atoms with E-state index in [4.69, 9.17) is 4.74 Å². The molecule has 2 rings (SSSR count). The molecule has 0 unspecified atom stereocenters. The standard InChI is InChI=1S/C13H13NO2/c1-2-14-12(10-16-13(14)15)9-8-11-6-4-3-5-7-11/h3-7,12H,2,10H2,1H3/t12-/m0/s1. The molecule has 0 spiro atoms. The Morgan fingerprint density at radius 3 is 2.88 bits per heavy atom. The van der Waals surface area contributed by atoms with Crippen LogP contribution in [0.4, 0.5) is 4.79 Å². The highest BCUT2D eigenvalue weighted by molar-refractivity contribution is 5.71. The molecule has 0 aliphatic carbocycles. The van der Waals surface area contributed by atoms with Gasteiger partial charge >= 0.3 is 6.09 Å². The summed E-state index contributed by atoms with van der Waals surface area (Å²) in [7, 11) is 0. The summed E-state index contributed by atoms with van der Waals surface area (Å²) < 4.78 is 4.94. The molecule has 16 heavy (non-hydrogen) atoms.